The van der Waals surface area contributed by atoms with Crippen LogP contribution >= 0.6 is 12.2 Å². The van der Waals surface area contributed by atoms with E-state index in [1.165, 1.54) is 6.08 Å². The summed E-state index contributed by atoms with van der Waals surface area (Å²) in [6.45, 7) is 0. The molecule has 2 aromatic rings. The standard InChI is InChI=1S/C16H9N3O3S/c17-8-9-2-1-3-10(6-9)13-5-4-11(22-13)7-12-14(20)18-16(23)19-15(12)21/h1-7H,(H2,18,19,20,21,23). The first-order valence-electron chi connectivity index (χ1n) is 6.55. The van der Waals surface area contributed by atoms with E-state index in [0.29, 0.717) is 17.1 Å². The zero-order chi connectivity index (χ0) is 16.4. The van der Waals surface area contributed by atoms with Crippen molar-refractivity contribution in [3.63, 3.8) is 0 Å². The quantitative estimate of drug-likeness (QED) is 0.498. The fourth-order valence-electron chi connectivity index (χ4n) is 2.08. The summed E-state index contributed by atoms with van der Waals surface area (Å²) in [6, 6.07) is 12.3. The third kappa shape index (κ3) is 3.02. The van der Waals surface area contributed by atoms with Crippen molar-refractivity contribution in [1.29, 1.82) is 5.26 Å². The van der Waals surface area contributed by atoms with Crippen LogP contribution in [0.1, 0.15) is 11.3 Å². The van der Waals surface area contributed by atoms with Gasteiger partial charge in [0, 0.05) is 5.56 Å². The maximum atomic E-state index is 11.8. The molecule has 0 atom stereocenters. The Balaban J connectivity index is 1.92. The Labute approximate surface area is 136 Å². The number of nitrogens with zero attached hydrogens (tertiary/aromatic N) is 1. The summed E-state index contributed by atoms with van der Waals surface area (Å²) < 4.78 is 5.62. The second kappa shape index (κ2) is 5.87. The lowest BCUT2D eigenvalue weighted by atomic mass is 10.1. The SMILES string of the molecule is N#Cc1cccc(-c2ccc(C=C3C(=O)NC(=S)NC3=O)o2)c1. The van der Waals surface area contributed by atoms with Gasteiger partial charge in [0.2, 0.25) is 0 Å². The molecule has 1 aliphatic rings. The molecule has 112 valence electrons. The largest absolute Gasteiger partial charge is 0.457 e. The lowest BCUT2D eigenvalue weighted by Gasteiger charge is -2.15. The molecule has 2 heterocycles. The predicted octanol–water partition coefficient (Wildman–Crippen LogP) is 1.73. The lowest BCUT2D eigenvalue weighted by molar-refractivity contribution is -0.123. The van der Waals surface area contributed by atoms with Gasteiger partial charge in [-0.3, -0.25) is 20.2 Å². The number of nitrogens with one attached hydrogen (secondary N) is 2. The van der Waals surface area contributed by atoms with Crippen LogP contribution in [0.25, 0.3) is 17.4 Å². The number of thiocarbonyl (C=S) groups is 1. The molecule has 0 saturated carbocycles. The van der Waals surface area contributed by atoms with Gasteiger partial charge >= 0.3 is 0 Å². The van der Waals surface area contributed by atoms with E-state index in [4.69, 9.17) is 21.9 Å². The number of hydrogen-bond donors (Lipinski definition) is 2. The number of nitriles is 1. The van der Waals surface area contributed by atoms with Crippen LogP contribution < -0.4 is 10.6 Å². The van der Waals surface area contributed by atoms with Crippen molar-refractivity contribution in [2.75, 3.05) is 0 Å². The first-order chi connectivity index (χ1) is 11.1. The number of hydrogen-bond acceptors (Lipinski definition) is 5. The maximum Gasteiger partial charge on any atom is 0.263 e. The monoisotopic (exact) mass is 323 g/mol. The van der Waals surface area contributed by atoms with Crippen LogP contribution in [0, 0.1) is 11.3 Å². The molecule has 1 aromatic heterocycles. The molecule has 1 fully saturated rings. The van der Waals surface area contributed by atoms with E-state index < -0.39 is 11.8 Å². The average molecular weight is 323 g/mol. The Bertz CT molecular complexity index is 883. The number of furan rings is 1. The van der Waals surface area contributed by atoms with Gasteiger partial charge in [-0.15, -0.1) is 0 Å². The zero-order valence-corrected chi connectivity index (χ0v) is 12.4. The summed E-state index contributed by atoms with van der Waals surface area (Å²) >= 11 is 4.73. The molecule has 1 saturated heterocycles. The van der Waals surface area contributed by atoms with Gasteiger partial charge in [0.1, 0.15) is 17.1 Å². The van der Waals surface area contributed by atoms with Crippen LogP contribution in [-0.4, -0.2) is 16.9 Å². The highest BCUT2D eigenvalue weighted by molar-refractivity contribution is 7.80. The Kier molecular flexibility index (Phi) is 3.75. The van der Waals surface area contributed by atoms with Gasteiger partial charge in [-0.25, -0.2) is 0 Å². The van der Waals surface area contributed by atoms with Crippen molar-refractivity contribution in [3.05, 3.63) is 53.3 Å². The summed E-state index contributed by atoms with van der Waals surface area (Å²) in [7, 11) is 0. The topological polar surface area (TPSA) is 95.1 Å². The molecular weight excluding hydrogens is 314 g/mol. The van der Waals surface area contributed by atoms with Crippen molar-refractivity contribution in [2.24, 2.45) is 0 Å². The average Bonchev–Trinajstić information content (AvgIpc) is 2.99. The molecule has 7 heteroatoms. The number of carbonyl (C=O) groups is 2. The van der Waals surface area contributed by atoms with E-state index in [1.807, 2.05) is 0 Å². The molecule has 3 rings (SSSR count). The van der Waals surface area contributed by atoms with E-state index in [2.05, 4.69) is 16.7 Å². The minimum absolute atomic E-state index is 0.0226. The third-order valence-electron chi connectivity index (χ3n) is 3.13. The Morgan fingerprint density at radius 2 is 1.87 bits per heavy atom. The maximum absolute atomic E-state index is 11.8. The summed E-state index contributed by atoms with van der Waals surface area (Å²) in [5, 5.41) is 13.6. The van der Waals surface area contributed by atoms with Crippen LogP contribution in [0.15, 0.2) is 46.4 Å². The highest BCUT2D eigenvalue weighted by Crippen LogP contribution is 2.24. The molecule has 23 heavy (non-hydrogen) atoms. The van der Waals surface area contributed by atoms with Gasteiger partial charge in [-0.2, -0.15) is 5.26 Å². The molecule has 0 spiro atoms. The van der Waals surface area contributed by atoms with E-state index in [9.17, 15) is 9.59 Å². The van der Waals surface area contributed by atoms with Gasteiger partial charge in [0.25, 0.3) is 11.8 Å². The Morgan fingerprint density at radius 1 is 1.13 bits per heavy atom. The fourth-order valence-corrected chi connectivity index (χ4v) is 2.26. The normalized spacial score (nSPS) is 14.0. The third-order valence-corrected chi connectivity index (χ3v) is 3.34. The predicted molar refractivity (Wildman–Crippen MR) is 85.7 cm³/mol. The van der Waals surface area contributed by atoms with Gasteiger partial charge in [0.15, 0.2) is 5.11 Å². The van der Waals surface area contributed by atoms with Crippen molar-refractivity contribution in [2.45, 2.75) is 0 Å². The number of carbonyl (C=O) groups excluding carboxylic acids is 2. The zero-order valence-electron chi connectivity index (χ0n) is 11.6. The Morgan fingerprint density at radius 3 is 2.57 bits per heavy atom. The van der Waals surface area contributed by atoms with Crippen molar-refractivity contribution in [3.8, 4) is 17.4 Å². The molecular formula is C16H9N3O3S. The molecule has 2 amide bonds. The van der Waals surface area contributed by atoms with Crippen molar-refractivity contribution >= 4 is 35.2 Å². The van der Waals surface area contributed by atoms with Gasteiger partial charge in [-0.1, -0.05) is 12.1 Å². The summed E-state index contributed by atoms with van der Waals surface area (Å²) in [5.74, 6) is -0.289. The molecule has 1 aliphatic heterocycles. The summed E-state index contributed by atoms with van der Waals surface area (Å²) in [5.41, 5.74) is 1.15. The lowest BCUT2D eigenvalue weighted by Crippen LogP contribution is -2.51. The smallest absolute Gasteiger partial charge is 0.263 e. The number of benzene rings is 1. The van der Waals surface area contributed by atoms with Crippen molar-refractivity contribution < 1.29 is 14.0 Å². The van der Waals surface area contributed by atoms with E-state index >= 15 is 0 Å². The second-order valence-corrected chi connectivity index (χ2v) is 5.10. The molecule has 0 bridgehead atoms. The van der Waals surface area contributed by atoms with Gasteiger partial charge < -0.3 is 4.42 Å². The molecule has 6 nitrogen and oxygen atoms in total. The molecule has 0 aliphatic carbocycles. The molecule has 1 aromatic carbocycles. The molecule has 0 unspecified atom stereocenters. The van der Waals surface area contributed by atoms with Crippen LogP contribution in [0.3, 0.4) is 0 Å². The van der Waals surface area contributed by atoms with Crippen LogP contribution in [0.4, 0.5) is 0 Å². The van der Waals surface area contributed by atoms with E-state index in [0.717, 1.165) is 5.56 Å². The highest BCUT2D eigenvalue weighted by atomic mass is 32.1. The van der Waals surface area contributed by atoms with Crippen LogP contribution in [0.5, 0.6) is 0 Å². The first kappa shape index (κ1) is 14.7. The first-order valence-corrected chi connectivity index (χ1v) is 6.96. The van der Waals surface area contributed by atoms with Crippen LogP contribution in [-0.2, 0) is 9.59 Å². The minimum atomic E-state index is -0.580. The molecule has 0 radical (unpaired) electrons. The minimum Gasteiger partial charge on any atom is -0.457 e. The van der Waals surface area contributed by atoms with Crippen LogP contribution in [0.2, 0.25) is 0 Å². The Hall–Kier alpha value is -3.24. The summed E-state index contributed by atoms with van der Waals surface area (Å²) in [4.78, 5) is 23.5. The highest BCUT2D eigenvalue weighted by Gasteiger charge is 2.26. The molecule has 2 N–H and O–H groups in total. The van der Waals surface area contributed by atoms with E-state index in [1.54, 1.807) is 36.4 Å². The fraction of sp³-hybridized carbons (Fsp3) is 0. The van der Waals surface area contributed by atoms with Gasteiger partial charge in [0.05, 0.1) is 11.6 Å². The van der Waals surface area contributed by atoms with E-state index in [-0.39, 0.29) is 10.7 Å². The second-order valence-electron chi connectivity index (χ2n) is 4.69. The van der Waals surface area contributed by atoms with Gasteiger partial charge in [-0.05, 0) is 42.6 Å². The summed E-state index contributed by atoms with van der Waals surface area (Å²) in [6.07, 6.45) is 1.34. The van der Waals surface area contributed by atoms with Crippen molar-refractivity contribution in [1.82, 2.24) is 10.6 Å². The number of rotatable bonds is 2. The number of amides is 2.